The maximum absolute atomic E-state index is 3.66. The van der Waals surface area contributed by atoms with Crippen LogP contribution in [0.15, 0.2) is 188 Å². The number of benzene rings is 4. The van der Waals surface area contributed by atoms with Gasteiger partial charge in [-0.15, -0.1) is 0 Å². The van der Waals surface area contributed by atoms with Gasteiger partial charge in [-0.3, -0.25) is 0 Å². The van der Waals surface area contributed by atoms with Crippen molar-refractivity contribution in [1.29, 1.82) is 0 Å². The molecule has 4 aliphatic carbocycles. The third-order valence-electron chi connectivity index (χ3n) is 8.90. The zero-order valence-electron chi connectivity index (χ0n) is 21.6. The SMILES string of the molecule is Brc1ccc(C2(c3ccccc3)C=CC3=C4C2=CC2=C4C(=C3)C(c3ccccc3)(c3ccc(Br)cc3)C=C2)cc1. The predicted octanol–water partition coefficient (Wildman–Crippen LogP) is 10.1. The largest absolute Gasteiger partial charge is 0.0646 e. The monoisotopic (exact) mass is 638 g/mol. The minimum Gasteiger partial charge on any atom is -0.0646 e. The summed E-state index contributed by atoms with van der Waals surface area (Å²) in [6, 6.07) is 39.6. The lowest BCUT2D eigenvalue weighted by atomic mass is 9.63. The van der Waals surface area contributed by atoms with Crippen molar-refractivity contribution >= 4 is 31.9 Å². The Morgan fingerprint density at radius 1 is 0.400 bits per heavy atom. The Balaban J connectivity index is 1.34. The van der Waals surface area contributed by atoms with Crippen molar-refractivity contribution in [1.82, 2.24) is 0 Å². The van der Waals surface area contributed by atoms with E-state index in [4.69, 9.17) is 0 Å². The molecule has 0 bridgehead atoms. The van der Waals surface area contributed by atoms with Gasteiger partial charge in [0.05, 0.1) is 10.8 Å². The molecule has 0 nitrogen and oxygen atoms in total. The second-order valence-corrected chi connectivity index (χ2v) is 12.6. The molecule has 4 aromatic carbocycles. The molecule has 0 spiro atoms. The first-order valence-electron chi connectivity index (χ1n) is 13.6. The molecule has 0 amide bonds. The first kappa shape index (κ1) is 24.1. The van der Waals surface area contributed by atoms with E-state index in [2.05, 4.69) is 178 Å². The van der Waals surface area contributed by atoms with Gasteiger partial charge in [0.2, 0.25) is 0 Å². The Morgan fingerprint density at radius 2 is 0.750 bits per heavy atom. The van der Waals surface area contributed by atoms with Crippen molar-refractivity contribution in [2.75, 3.05) is 0 Å². The van der Waals surface area contributed by atoms with E-state index in [0.29, 0.717) is 0 Å². The van der Waals surface area contributed by atoms with Crippen LogP contribution in [0.4, 0.5) is 0 Å². The fraction of sp³-hybridized carbons (Fsp3) is 0.0526. The van der Waals surface area contributed by atoms with Gasteiger partial charge in [0, 0.05) is 8.95 Å². The minimum atomic E-state index is -0.373. The van der Waals surface area contributed by atoms with Crippen LogP contribution in [0.5, 0.6) is 0 Å². The normalized spacial score (nSPS) is 23.9. The molecule has 0 N–H and O–H groups in total. The first-order chi connectivity index (χ1) is 19.6. The van der Waals surface area contributed by atoms with Gasteiger partial charge in [0.15, 0.2) is 0 Å². The van der Waals surface area contributed by atoms with Gasteiger partial charge >= 0.3 is 0 Å². The van der Waals surface area contributed by atoms with Crippen LogP contribution in [-0.2, 0) is 10.8 Å². The lowest BCUT2D eigenvalue weighted by Crippen LogP contribution is -2.31. The summed E-state index contributed by atoms with van der Waals surface area (Å²) in [5, 5.41) is 0. The maximum Gasteiger partial charge on any atom is 0.0641 e. The summed E-state index contributed by atoms with van der Waals surface area (Å²) in [7, 11) is 0. The van der Waals surface area contributed by atoms with Gasteiger partial charge in [-0.25, -0.2) is 0 Å². The molecule has 0 heterocycles. The van der Waals surface area contributed by atoms with Crippen LogP contribution in [0.1, 0.15) is 22.3 Å². The smallest absolute Gasteiger partial charge is 0.0641 e. The molecule has 0 saturated heterocycles. The Kier molecular flexibility index (Phi) is 5.36. The van der Waals surface area contributed by atoms with Crippen LogP contribution in [-0.4, -0.2) is 0 Å². The molecule has 2 unspecified atom stereocenters. The van der Waals surface area contributed by atoms with Gasteiger partial charge < -0.3 is 0 Å². The Morgan fingerprint density at radius 3 is 1.12 bits per heavy atom. The molecule has 190 valence electrons. The van der Waals surface area contributed by atoms with E-state index in [0.717, 1.165) is 8.95 Å². The summed E-state index contributed by atoms with van der Waals surface area (Å²) in [6.45, 7) is 0. The molecule has 2 heteroatoms. The van der Waals surface area contributed by atoms with Gasteiger partial charge in [-0.2, -0.15) is 0 Å². The third kappa shape index (κ3) is 3.24. The van der Waals surface area contributed by atoms with Gasteiger partial charge in [0.1, 0.15) is 0 Å². The molecule has 8 rings (SSSR count). The molecule has 0 aliphatic heterocycles. The number of halogens is 2. The zero-order valence-corrected chi connectivity index (χ0v) is 24.8. The van der Waals surface area contributed by atoms with Crippen molar-refractivity contribution in [3.05, 3.63) is 210 Å². The lowest BCUT2D eigenvalue weighted by molar-refractivity contribution is 0.754. The molecule has 4 aliphatic rings. The van der Waals surface area contributed by atoms with Gasteiger partial charge in [-0.05, 0) is 92.1 Å². The van der Waals surface area contributed by atoms with E-state index < -0.39 is 0 Å². The number of hydrogen-bond donors (Lipinski definition) is 0. The average Bonchev–Trinajstić information content (AvgIpc) is 3.60. The Labute approximate surface area is 251 Å². The van der Waals surface area contributed by atoms with Crippen LogP contribution in [0.25, 0.3) is 0 Å². The highest BCUT2D eigenvalue weighted by Gasteiger charge is 2.50. The fourth-order valence-electron chi connectivity index (χ4n) is 7.13. The molecule has 2 atom stereocenters. The highest BCUT2D eigenvalue weighted by Crippen LogP contribution is 2.61. The molecular formula is C38H24Br2. The van der Waals surface area contributed by atoms with E-state index in [1.807, 2.05) is 0 Å². The minimum absolute atomic E-state index is 0.373. The number of rotatable bonds is 4. The van der Waals surface area contributed by atoms with Gasteiger partial charge in [0.25, 0.3) is 0 Å². The van der Waals surface area contributed by atoms with Crippen molar-refractivity contribution in [2.24, 2.45) is 0 Å². The Hall–Kier alpha value is -3.72. The third-order valence-corrected chi connectivity index (χ3v) is 9.96. The van der Waals surface area contributed by atoms with E-state index in [1.165, 1.54) is 55.7 Å². The summed E-state index contributed by atoms with van der Waals surface area (Å²) < 4.78 is 2.18. The molecule has 0 radical (unpaired) electrons. The molecule has 40 heavy (non-hydrogen) atoms. The Bertz CT molecular complexity index is 1720. The van der Waals surface area contributed by atoms with Crippen molar-refractivity contribution < 1.29 is 0 Å². The highest BCUT2D eigenvalue weighted by molar-refractivity contribution is 9.10. The lowest BCUT2D eigenvalue weighted by Gasteiger charge is -2.39. The number of allylic oxidation sites excluding steroid dienone is 12. The second-order valence-electron chi connectivity index (χ2n) is 10.8. The fourth-order valence-corrected chi connectivity index (χ4v) is 7.66. The average molecular weight is 640 g/mol. The van der Waals surface area contributed by atoms with E-state index in [9.17, 15) is 0 Å². The summed E-state index contributed by atoms with van der Waals surface area (Å²) >= 11 is 7.31. The summed E-state index contributed by atoms with van der Waals surface area (Å²) in [6.07, 6.45) is 14.5. The summed E-state index contributed by atoms with van der Waals surface area (Å²) in [5.41, 5.74) is 12.4. The highest BCUT2D eigenvalue weighted by atomic mass is 79.9. The van der Waals surface area contributed by atoms with Crippen molar-refractivity contribution in [3.63, 3.8) is 0 Å². The molecular weight excluding hydrogens is 616 g/mol. The molecule has 0 saturated carbocycles. The van der Waals surface area contributed by atoms with Crippen LogP contribution < -0.4 is 0 Å². The number of hydrogen-bond acceptors (Lipinski definition) is 0. The zero-order chi connectivity index (χ0) is 26.9. The maximum atomic E-state index is 3.66. The quantitative estimate of drug-likeness (QED) is 0.208. The van der Waals surface area contributed by atoms with E-state index in [-0.39, 0.29) is 10.8 Å². The predicted molar refractivity (Wildman–Crippen MR) is 171 cm³/mol. The second kappa shape index (κ2) is 8.89. The van der Waals surface area contributed by atoms with Crippen LogP contribution in [0, 0.1) is 0 Å². The molecule has 4 aromatic rings. The van der Waals surface area contributed by atoms with Crippen LogP contribution in [0.2, 0.25) is 0 Å². The van der Waals surface area contributed by atoms with Gasteiger partial charge in [-0.1, -0.05) is 141 Å². The van der Waals surface area contributed by atoms with Crippen molar-refractivity contribution in [2.45, 2.75) is 10.8 Å². The standard InChI is InChI=1S/C38H24Br2/c39-31-15-11-29(12-16-31)37(27-7-3-1-4-8-27)21-19-25-24-34-36-26(23-33(37)35(25)36)20-22-38(34,28-9-5-2-6-10-28)30-13-17-32(40)18-14-30/h1-24H. The van der Waals surface area contributed by atoms with Crippen LogP contribution in [0.3, 0.4) is 0 Å². The first-order valence-corrected chi connectivity index (χ1v) is 15.2. The topological polar surface area (TPSA) is 0 Å². The molecule has 0 aromatic heterocycles. The van der Waals surface area contributed by atoms with Crippen LogP contribution >= 0.6 is 31.9 Å². The van der Waals surface area contributed by atoms with Crippen molar-refractivity contribution in [3.8, 4) is 0 Å². The van der Waals surface area contributed by atoms with E-state index in [1.54, 1.807) is 0 Å². The summed E-state index contributed by atoms with van der Waals surface area (Å²) in [4.78, 5) is 0. The van der Waals surface area contributed by atoms with E-state index >= 15 is 0 Å². The molecule has 0 fully saturated rings. The summed E-state index contributed by atoms with van der Waals surface area (Å²) in [5.74, 6) is 0.